The monoisotopic (exact) mass is 367 g/mol. The number of hydrogen-bond acceptors (Lipinski definition) is 3. The average molecular weight is 367 g/mol. The Labute approximate surface area is 161 Å². The molecule has 1 heterocycles. The topological polar surface area (TPSA) is 44.8 Å². The van der Waals surface area contributed by atoms with Crippen LogP contribution in [0.4, 0.5) is 4.79 Å². The van der Waals surface area contributed by atoms with Gasteiger partial charge in [0.1, 0.15) is 5.75 Å². The molecule has 1 saturated heterocycles. The van der Waals surface area contributed by atoms with Crippen molar-refractivity contribution in [2.24, 2.45) is 0 Å². The first-order valence-electron chi connectivity index (χ1n) is 9.65. The molecule has 5 heteroatoms. The van der Waals surface area contributed by atoms with Crippen LogP contribution in [0.25, 0.3) is 0 Å². The van der Waals surface area contributed by atoms with Gasteiger partial charge in [0.25, 0.3) is 0 Å². The van der Waals surface area contributed by atoms with Crippen molar-refractivity contribution in [3.05, 3.63) is 65.7 Å². The Hall–Kier alpha value is -2.53. The van der Waals surface area contributed by atoms with E-state index in [1.807, 2.05) is 61.2 Å². The summed E-state index contributed by atoms with van der Waals surface area (Å²) in [6.07, 6.45) is 0.163. The zero-order chi connectivity index (χ0) is 19.1. The number of rotatable bonds is 6. The highest BCUT2D eigenvalue weighted by Gasteiger charge is 2.21. The zero-order valence-corrected chi connectivity index (χ0v) is 16.2. The van der Waals surface area contributed by atoms with Crippen LogP contribution < -0.4 is 10.1 Å². The number of ether oxygens (including phenoxy) is 1. The Bertz CT molecular complexity index is 725. The summed E-state index contributed by atoms with van der Waals surface area (Å²) in [6, 6.07) is 18.2. The van der Waals surface area contributed by atoms with Crippen molar-refractivity contribution < 1.29 is 9.53 Å². The number of hydrogen-bond donors (Lipinski definition) is 1. The lowest BCUT2D eigenvalue weighted by atomic mass is 10.1. The summed E-state index contributed by atoms with van der Waals surface area (Å²) < 4.78 is 5.92. The van der Waals surface area contributed by atoms with Gasteiger partial charge in [0.15, 0.2) is 0 Å². The summed E-state index contributed by atoms with van der Waals surface area (Å²) in [5, 5.41) is 3.01. The lowest BCUT2D eigenvalue weighted by molar-refractivity contribution is 0.133. The second-order valence-corrected chi connectivity index (χ2v) is 7.18. The summed E-state index contributed by atoms with van der Waals surface area (Å²) in [4.78, 5) is 16.7. The normalized spacial score (nSPS) is 15.0. The van der Waals surface area contributed by atoms with Gasteiger partial charge in [0.05, 0.1) is 6.10 Å². The zero-order valence-electron chi connectivity index (χ0n) is 16.2. The Morgan fingerprint density at radius 3 is 2.37 bits per heavy atom. The van der Waals surface area contributed by atoms with Crippen molar-refractivity contribution >= 4 is 6.03 Å². The van der Waals surface area contributed by atoms with Crippen molar-refractivity contribution in [3.8, 4) is 5.75 Å². The third kappa shape index (κ3) is 5.73. The van der Waals surface area contributed by atoms with Gasteiger partial charge in [-0.15, -0.1) is 0 Å². The van der Waals surface area contributed by atoms with Gasteiger partial charge in [-0.3, -0.25) is 4.90 Å². The van der Waals surface area contributed by atoms with Gasteiger partial charge in [-0.2, -0.15) is 0 Å². The summed E-state index contributed by atoms with van der Waals surface area (Å²) in [5.41, 5.74) is 2.32. The molecule has 2 aromatic rings. The Morgan fingerprint density at radius 1 is 1.00 bits per heavy atom. The van der Waals surface area contributed by atoms with E-state index in [-0.39, 0.29) is 12.1 Å². The predicted molar refractivity (Wildman–Crippen MR) is 108 cm³/mol. The number of benzene rings is 2. The molecule has 3 rings (SSSR count). The molecule has 0 saturated carbocycles. The van der Waals surface area contributed by atoms with Crippen LogP contribution >= 0.6 is 0 Å². The lowest BCUT2D eigenvalue weighted by Crippen LogP contribution is -2.51. The van der Waals surface area contributed by atoms with E-state index >= 15 is 0 Å². The highest BCUT2D eigenvalue weighted by molar-refractivity contribution is 5.74. The number of para-hydroxylation sites is 1. The maximum Gasteiger partial charge on any atom is 0.317 e. The number of nitrogens with zero attached hydrogens (tertiary/aromatic N) is 2. The van der Waals surface area contributed by atoms with Gasteiger partial charge >= 0.3 is 6.03 Å². The summed E-state index contributed by atoms with van der Waals surface area (Å²) in [7, 11) is 0. The number of carbonyl (C=O) groups is 1. The maximum atomic E-state index is 12.4. The van der Waals surface area contributed by atoms with Gasteiger partial charge in [0, 0.05) is 44.8 Å². The van der Waals surface area contributed by atoms with Gasteiger partial charge < -0.3 is 15.0 Å². The summed E-state index contributed by atoms with van der Waals surface area (Å²) in [6.45, 7) is 8.74. The Kier molecular flexibility index (Phi) is 6.71. The van der Waals surface area contributed by atoms with Crippen LogP contribution in [0.5, 0.6) is 5.75 Å². The molecule has 0 unspecified atom stereocenters. The number of piperazine rings is 1. The third-order valence-electron chi connectivity index (χ3n) is 4.68. The van der Waals surface area contributed by atoms with Gasteiger partial charge in [-0.1, -0.05) is 48.5 Å². The van der Waals surface area contributed by atoms with Gasteiger partial charge in [0.2, 0.25) is 0 Å². The molecular formula is C22H29N3O2. The van der Waals surface area contributed by atoms with Crippen LogP contribution in [0.2, 0.25) is 0 Å². The van der Waals surface area contributed by atoms with E-state index in [1.165, 1.54) is 5.56 Å². The van der Waals surface area contributed by atoms with E-state index in [0.717, 1.165) is 44.0 Å². The molecule has 0 radical (unpaired) electrons. The van der Waals surface area contributed by atoms with E-state index in [2.05, 4.69) is 22.3 Å². The maximum absolute atomic E-state index is 12.4. The fraction of sp³-hybridized carbons (Fsp3) is 0.409. The molecule has 0 aliphatic carbocycles. The first-order valence-corrected chi connectivity index (χ1v) is 9.65. The predicted octanol–water partition coefficient (Wildman–Crippen LogP) is 3.50. The first kappa shape index (κ1) is 19.2. The van der Waals surface area contributed by atoms with Gasteiger partial charge in [-0.05, 0) is 25.5 Å². The Morgan fingerprint density at radius 2 is 1.67 bits per heavy atom. The highest BCUT2D eigenvalue weighted by Crippen LogP contribution is 2.21. The molecule has 0 aromatic heterocycles. The van der Waals surface area contributed by atoms with E-state index in [4.69, 9.17) is 4.74 Å². The molecular weight excluding hydrogens is 338 g/mol. The molecule has 0 atom stereocenters. The van der Waals surface area contributed by atoms with Crippen LogP contribution in [0.15, 0.2) is 54.6 Å². The van der Waals surface area contributed by atoms with E-state index in [1.54, 1.807) is 0 Å². The number of amides is 2. The third-order valence-corrected chi connectivity index (χ3v) is 4.68. The van der Waals surface area contributed by atoms with E-state index in [0.29, 0.717) is 6.54 Å². The SMILES string of the molecule is CC(C)Oc1ccccc1CN1CCN(C(=O)NCc2ccccc2)CC1. The van der Waals surface area contributed by atoms with Crippen LogP contribution in [0.1, 0.15) is 25.0 Å². The molecule has 1 aliphatic rings. The molecule has 1 fully saturated rings. The van der Waals surface area contributed by atoms with E-state index < -0.39 is 0 Å². The second kappa shape index (κ2) is 9.42. The minimum Gasteiger partial charge on any atom is -0.491 e. The molecule has 27 heavy (non-hydrogen) atoms. The Balaban J connectivity index is 1.47. The molecule has 1 N–H and O–H groups in total. The van der Waals surface area contributed by atoms with Crippen LogP contribution in [0.3, 0.4) is 0 Å². The van der Waals surface area contributed by atoms with Crippen molar-refractivity contribution in [2.75, 3.05) is 26.2 Å². The minimum absolute atomic E-state index is 0.0158. The number of carbonyl (C=O) groups excluding carboxylic acids is 1. The molecule has 0 spiro atoms. The second-order valence-electron chi connectivity index (χ2n) is 7.18. The molecule has 2 amide bonds. The molecule has 5 nitrogen and oxygen atoms in total. The van der Waals surface area contributed by atoms with Crippen LogP contribution in [0, 0.1) is 0 Å². The largest absolute Gasteiger partial charge is 0.491 e. The van der Waals surface area contributed by atoms with Crippen molar-refractivity contribution in [3.63, 3.8) is 0 Å². The first-order chi connectivity index (χ1) is 13.1. The molecule has 1 aliphatic heterocycles. The van der Waals surface area contributed by atoms with Crippen molar-refractivity contribution in [2.45, 2.75) is 33.0 Å². The fourth-order valence-electron chi connectivity index (χ4n) is 3.24. The standard InChI is InChI=1S/C22H29N3O2/c1-18(2)27-21-11-7-6-10-20(21)17-24-12-14-25(15-13-24)22(26)23-16-19-8-4-3-5-9-19/h3-11,18H,12-17H2,1-2H3,(H,23,26). The number of urea groups is 1. The van der Waals surface area contributed by atoms with E-state index in [9.17, 15) is 4.79 Å². The van der Waals surface area contributed by atoms with Crippen molar-refractivity contribution in [1.82, 2.24) is 15.1 Å². The van der Waals surface area contributed by atoms with Gasteiger partial charge in [-0.25, -0.2) is 4.79 Å². The smallest absolute Gasteiger partial charge is 0.317 e. The fourth-order valence-corrected chi connectivity index (χ4v) is 3.24. The summed E-state index contributed by atoms with van der Waals surface area (Å²) >= 11 is 0. The molecule has 2 aromatic carbocycles. The molecule has 144 valence electrons. The summed E-state index contributed by atoms with van der Waals surface area (Å²) in [5.74, 6) is 0.954. The van der Waals surface area contributed by atoms with Crippen LogP contribution in [-0.4, -0.2) is 48.1 Å². The van der Waals surface area contributed by atoms with Crippen molar-refractivity contribution in [1.29, 1.82) is 0 Å². The van der Waals surface area contributed by atoms with Crippen LogP contribution in [-0.2, 0) is 13.1 Å². The lowest BCUT2D eigenvalue weighted by Gasteiger charge is -2.35. The molecule has 0 bridgehead atoms. The number of nitrogens with one attached hydrogen (secondary N) is 1. The average Bonchev–Trinajstić information content (AvgIpc) is 2.69. The quantitative estimate of drug-likeness (QED) is 0.850. The highest BCUT2D eigenvalue weighted by atomic mass is 16.5. The minimum atomic E-state index is 0.0158.